The summed E-state index contributed by atoms with van der Waals surface area (Å²) in [5.74, 6) is -0.771. The normalized spacial score (nSPS) is 12.7. The second kappa shape index (κ2) is 6.50. The Morgan fingerprint density at radius 3 is 2.61 bits per heavy atom. The van der Waals surface area contributed by atoms with Crippen LogP contribution in [0.25, 0.3) is 0 Å². The zero-order valence-electron chi connectivity index (χ0n) is 11.0. The van der Waals surface area contributed by atoms with E-state index in [-0.39, 0.29) is 5.82 Å². The maximum Gasteiger partial charge on any atom is 0.320 e. The lowest BCUT2D eigenvalue weighted by molar-refractivity contribution is -0.140. The van der Waals surface area contributed by atoms with Gasteiger partial charge in [0.15, 0.2) is 0 Å². The number of hydrogen-bond donors (Lipinski definition) is 2. The first-order valence-electron chi connectivity index (χ1n) is 6.11. The Kier molecular flexibility index (Phi) is 5.28. The summed E-state index contributed by atoms with van der Waals surface area (Å²) in [6, 6.07) is 4.25. The molecule has 0 saturated heterocycles. The molecule has 4 heteroatoms. The highest BCUT2D eigenvalue weighted by atomic mass is 19.1. The molecule has 100 valence electrons. The molecule has 3 nitrogen and oxygen atoms in total. The van der Waals surface area contributed by atoms with Crippen molar-refractivity contribution in [2.75, 3.05) is 0 Å². The van der Waals surface area contributed by atoms with Gasteiger partial charge in [0.2, 0.25) is 0 Å². The van der Waals surface area contributed by atoms with E-state index in [2.05, 4.69) is 5.32 Å². The Labute approximate surface area is 107 Å². The van der Waals surface area contributed by atoms with Crippen LogP contribution >= 0.6 is 0 Å². The number of aliphatic carboxylic acids is 1. The molecule has 0 radical (unpaired) electrons. The summed E-state index contributed by atoms with van der Waals surface area (Å²) >= 11 is 0. The van der Waals surface area contributed by atoms with Crippen molar-refractivity contribution in [1.29, 1.82) is 0 Å². The third-order valence-electron chi connectivity index (χ3n) is 2.78. The number of aryl methyl sites for hydroxylation is 1. The second-order valence-corrected chi connectivity index (χ2v) is 4.98. The zero-order valence-corrected chi connectivity index (χ0v) is 11.0. The standard InChI is InChI=1S/C14H20FNO2/c1-9(2)6-13(14(17)18)16-8-11-4-5-12(15)10(3)7-11/h4-5,7,9,13,16H,6,8H2,1-3H3,(H,17,18)/t13-/m1/s1. The molecule has 0 saturated carbocycles. The van der Waals surface area contributed by atoms with Crippen LogP contribution in [0, 0.1) is 18.7 Å². The van der Waals surface area contributed by atoms with Crippen molar-refractivity contribution in [3.05, 3.63) is 35.1 Å². The average Bonchev–Trinajstić information content (AvgIpc) is 2.28. The van der Waals surface area contributed by atoms with E-state index in [0.29, 0.717) is 24.4 Å². The first-order chi connectivity index (χ1) is 8.40. The number of carboxylic acids is 1. The van der Waals surface area contributed by atoms with Crippen LogP contribution in [0.2, 0.25) is 0 Å². The van der Waals surface area contributed by atoms with E-state index in [9.17, 15) is 9.18 Å². The van der Waals surface area contributed by atoms with E-state index >= 15 is 0 Å². The fraction of sp³-hybridized carbons (Fsp3) is 0.500. The van der Waals surface area contributed by atoms with Gasteiger partial charge in [-0.15, -0.1) is 0 Å². The van der Waals surface area contributed by atoms with Gasteiger partial charge in [-0.2, -0.15) is 0 Å². The van der Waals surface area contributed by atoms with E-state index in [1.165, 1.54) is 6.07 Å². The van der Waals surface area contributed by atoms with Crippen molar-refractivity contribution < 1.29 is 14.3 Å². The van der Waals surface area contributed by atoms with Crippen LogP contribution in [-0.2, 0) is 11.3 Å². The van der Waals surface area contributed by atoms with E-state index < -0.39 is 12.0 Å². The van der Waals surface area contributed by atoms with Crippen molar-refractivity contribution in [3.8, 4) is 0 Å². The fourth-order valence-corrected chi connectivity index (χ4v) is 1.80. The smallest absolute Gasteiger partial charge is 0.320 e. The zero-order chi connectivity index (χ0) is 13.7. The lowest BCUT2D eigenvalue weighted by Gasteiger charge is -2.16. The molecule has 0 fully saturated rings. The van der Waals surface area contributed by atoms with Gasteiger partial charge in [0.05, 0.1) is 0 Å². The largest absolute Gasteiger partial charge is 0.480 e. The minimum absolute atomic E-state index is 0.240. The van der Waals surface area contributed by atoms with Crippen LogP contribution in [0.1, 0.15) is 31.4 Å². The molecular formula is C14H20FNO2. The Morgan fingerprint density at radius 1 is 1.44 bits per heavy atom. The highest BCUT2D eigenvalue weighted by Gasteiger charge is 2.17. The van der Waals surface area contributed by atoms with Gasteiger partial charge in [0.25, 0.3) is 0 Å². The minimum atomic E-state index is -0.845. The van der Waals surface area contributed by atoms with Crippen LogP contribution in [0.4, 0.5) is 4.39 Å². The highest BCUT2D eigenvalue weighted by molar-refractivity contribution is 5.73. The van der Waals surface area contributed by atoms with Gasteiger partial charge in [-0.25, -0.2) is 4.39 Å². The lowest BCUT2D eigenvalue weighted by atomic mass is 10.0. The van der Waals surface area contributed by atoms with E-state index in [0.717, 1.165) is 5.56 Å². The van der Waals surface area contributed by atoms with Crippen molar-refractivity contribution in [3.63, 3.8) is 0 Å². The third kappa shape index (κ3) is 4.45. The number of rotatable bonds is 6. The molecule has 0 aliphatic heterocycles. The van der Waals surface area contributed by atoms with Gasteiger partial charge in [0.1, 0.15) is 11.9 Å². The molecule has 0 aliphatic carbocycles. The molecule has 1 atom stereocenters. The summed E-state index contributed by atoms with van der Waals surface area (Å²) in [5.41, 5.74) is 1.47. The van der Waals surface area contributed by atoms with Crippen molar-refractivity contribution in [1.82, 2.24) is 5.32 Å². The van der Waals surface area contributed by atoms with Gasteiger partial charge in [-0.1, -0.05) is 26.0 Å². The average molecular weight is 253 g/mol. The quantitative estimate of drug-likeness (QED) is 0.819. The monoisotopic (exact) mass is 253 g/mol. The minimum Gasteiger partial charge on any atom is -0.480 e. The topological polar surface area (TPSA) is 49.3 Å². The summed E-state index contributed by atoms with van der Waals surface area (Å²) < 4.78 is 13.1. The Hall–Kier alpha value is -1.42. The number of benzene rings is 1. The van der Waals surface area contributed by atoms with Crippen molar-refractivity contribution >= 4 is 5.97 Å². The molecule has 0 aliphatic rings. The van der Waals surface area contributed by atoms with Crippen LogP contribution in [0.3, 0.4) is 0 Å². The first kappa shape index (κ1) is 14.6. The molecular weight excluding hydrogens is 233 g/mol. The number of nitrogens with one attached hydrogen (secondary N) is 1. The number of halogens is 1. The lowest BCUT2D eigenvalue weighted by Crippen LogP contribution is -2.37. The maximum atomic E-state index is 13.1. The molecule has 0 amide bonds. The predicted octanol–water partition coefficient (Wildman–Crippen LogP) is 2.72. The molecule has 2 N–H and O–H groups in total. The van der Waals surface area contributed by atoms with E-state index in [1.807, 2.05) is 13.8 Å². The van der Waals surface area contributed by atoms with E-state index in [1.54, 1.807) is 19.1 Å². The molecule has 1 aromatic carbocycles. The fourth-order valence-electron chi connectivity index (χ4n) is 1.80. The van der Waals surface area contributed by atoms with Crippen LogP contribution in [0.5, 0.6) is 0 Å². The van der Waals surface area contributed by atoms with Crippen molar-refractivity contribution in [2.24, 2.45) is 5.92 Å². The Morgan fingerprint density at radius 2 is 2.11 bits per heavy atom. The molecule has 0 heterocycles. The highest BCUT2D eigenvalue weighted by Crippen LogP contribution is 2.10. The maximum absolute atomic E-state index is 13.1. The predicted molar refractivity (Wildman–Crippen MR) is 68.9 cm³/mol. The summed E-state index contributed by atoms with van der Waals surface area (Å²) in [6.45, 7) is 6.10. The van der Waals surface area contributed by atoms with Gasteiger partial charge < -0.3 is 10.4 Å². The van der Waals surface area contributed by atoms with Crippen LogP contribution in [0.15, 0.2) is 18.2 Å². The molecule has 1 rings (SSSR count). The Balaban J connectivity index is 2.61. The number of hydrogen-bond acceptors (Lipinski definition) is 2. The SMILES string of the molecule is Cc1cc(CN[C@H](CC(C)C)C(=O)O)ccc1F. The van der Waals surface area contributed by atoms with Gasteiger partial charge in [-0.3, -0.25) is 4.79 Å². The third-order valence-corrected chi connectivity index (χ3v) is 2.78. The summed E-state index contributed by atoms with van der Waals surface area (Å²) in [5, 5.41) is 12.1. The van der Waals surface area contributed by atoms with Gasteiger partial charge >= 0.3 is 5.97 Å². The molecule has 0 bridgehead atoms. The molecule has 0 spiro atoms. The summed E-state index contributed by atoms with van der Waals surface area (Å²) in [7, 11) is 0. The summed E-state index contributed by atoms with van der Waals surface area (Å²) in [6.07, 6.45) is 0.579. The van der Waals surface area contributed by atoms with Gasteiger partial charge in [-0.05, 0) is 36.5 Å². The molecule has 0 unspecified atom stereocenters. The van der Waals surface area contributed by atoms with Gasteiger partial charge in [0, 0.05) is 6.54 Å². The first-order valence-corrected chi connectivity index (χ1v) is 6.11. The number of carboxylic acid groups (broad SMARTS) is 1. The molecule has 0 aromatic heterocycles. The van der Waals surface area contributed by atoms with Crippen molar-refractivity contribution in [2.45, 2.75) is 39.8 Å². The van der Waals surface area contributed by atoms with Crippen LogP contribution < -0.4 is 5.32 Å². The van der Waals surface area contributed by atoms with Crippen LogP contribution in [-0.4, -0.2) is 17.1 Å². The molecule has 1 aromatic rings. The van der Waals surface area contributed by atoms with E-state index in [4.69, 9.17) is 5.11 Å². The second-order valence-electron chi connectivity index (χ2n) is 4.98. The Bertz CT molecular complexity index is 418. The molecule has 18 heavy (non-hydrogen) atoms. The summed E-state index contributed by atoms with van der Waals surface area (Å²) in [4.78, 5) is 11.1. The number of carbonyl (C=O) groups is 1.